The van der Waals surface area contributed by atoms with Crippen molar-refractivity contribution in [3.63, 3.8) is 0 Å². The summed E-state index contributed by atoms with van der Waals surface area (Å²) in [6.07, 6.45) is 7.02. The highest BCUT2D eigenvalue weighted by atomic mass is 32.2. The number of ketones is 2. The first kappa shape index (κ1) is 57.9. The predicted molar refractivity (Wildman–Crippen MR) is 315 cm³/mol. The summed E-state index contributed by atoms with van der Waals surface area (Å²) in [4.78, 5) is 46.2. The fraction of sp³-hybridized carbons (Fsp3) is 0.323. The number of nitrogens with zero attached hydrogens (tertiary/aromatic N) is 4. The van der Waals surface area contributed by atoms with Crippen molar-refractivity contribution in [3.05, 3.63) is 178 Å². The van der Waals surface area contributed by atoms with E-state index in [0.29, 0.717) is 70.9 Å². The molecule has 0 aliphatic carbocycles. The summed E-state index contributed by atoms with van der Waals surface area (Å²) in [6, 6.07) is 32.9. The SMILES string of the molecule is Cc1ncc(-c2ccc(C[C@@H]3COc4cc(-c5ccccc5C(=O)CS(=O)(=O)C(C)(C)C)ccc4[C@H]3O)nc2)s1.Cc1ncc(-c2ccc(C[C@H]3COc4cc(-c5ccccc5C(=O)CS(=O)(=O)C(C)(C)C)ccc4[C@@H]3O)nc2)s1. The van der Waals surface area contributed by atoms with E-state index in [1.807, 2.05) is 111 Å². The number of aliphatic hydroxyl groups excluding tert-OH is 2. The van der Waals surface area contributed by atoms with Gasteiger partial charge in [-0.05, 0) is 115 Å². The van der Waals surface area contributed by atoms with Crippen molar-refractivity contribution in [2.45, 2.75) is 89.9 Å². The normalized spacial score (nSPS) is 17.2. The van der Waals surface area contributed by atoms with Gasteiger partial charge in [-0.1, -0.05) is 84.9 Å². The Hall–Kier alpha value is -6.80. The largest absolute Gasteiger partial charge is 0.493 e. The zero-order chi connectivity index (χ0) is 57.3. The van der Waals surface area contributed by atoms with Gasteiger partial charge in [0.25, 0.3) is 0 Å². The van der Waals surface area contributed by atoms with Gasteiger partial charge in [-0.15, -0.1) is 22.7 Å². The third-order valence-corrected chi connectivity index (χ3v) is 21.4. The Morgan fingerprint density at radius 1 is 0.525 bits per heavy atom. The van der Waals surface area contributed by atoms with Crippen molar-refractivity contribution < 1.29 is 46.1 Å². The molecular weight excluding hydrogens is 1090 g/mol. The second-order valence-corrected chi connectivity index (χ2v) is 30.1. The summed E-state index contributed by atoms with van der Waals surface area (Å²) in [5, 5.41) is 24.4. The van der Waals surface area contributed by atoms with E-state index < -0.39 is 64.4 Å². The predicted octanol–water partition coefficient (Wildman–Crippen LogP) is 11.7. The van der Waals surface area contributed by atoms with Crippen LogP contribution in [0.15, 0.2) is 134 Å². The molecule has 0 amide bonds. The number of carbonyl (C=O) groups excluding carboxylic acids is 2. The van der Waals surface area contributed by atoms with Crippen LogP contribution in [-0.2, 0) is 32.5 Å². The van der Waals surface area contributed by atoms with Crippen LogP contribution >= 0.6 is 22.7 Å². The monoisotopic (exact) mass is 1150 g/mol. The van der Waals surface area contributed by atoms with Gasteiger partial charge >= 0.3 is 0 Å². The lowest BCUT2D eigenvalue weighted by molar-refractivity contribution is 0.0501. The number of benzene rings is 4. The summed E-state index contributed by atoms with van der Waals surface area (Å²) in [5.74, 6) is -1.26. The van der Waals surface area contributed by atoms with Crippen LogP contribution in [0, 0.1) is 25.7 Å². The third kappa shape index (κ3) is 12.9. The van der Waals surface area contributed by atoms with Crippen LogP contribution in [0.4, 0.5) is 0 Å². The molecule has 6 heterocycles. The van der Waals surface area contributed by atoms with Crippen LogP contribution in [-0.4, -0.2) is 92.8 Å². The van der Waals surface area contributed by atoms with Crippen molar-refractivity contribution in [1.82, 2.24) is 19.9 Å². The number of sulfone groups is 2. The molecule has 4 atom stereocenters. The molecule has 2 aliphatic rings. The van der Waals surface area contributed by atoms with E-state index in [1.165, 1.54) is 0 Å². The fourth-order valence-electron chi connectivity index (χ4n) is 9.37. The van der Waals surface area contributed by atoms with E-state index in [9.17, 15) is 36.6 Å². The number of hydrogen-bond acceptors (Lipinski definition) is 16. The van der Waals surface area contributed by atoms with Gasteiger partial charge in [-0.25, -0.2) is 26.8 Å². The van der Waals surface area contributed by atoms with Crippen molar-refractivity contribution in [1.29, 1.82) is 0 Å². The minimum Gasteiger partial charge on any atom is -0.493 e. The number of carbonyl (C=O) groups is 2. The van der Waals surface area contributed by atoms with Gasteiger partial charge in [-0.3, -0.25) is 19.6 Å². The van der Waals surface area contributed by atoms with Crippen molar-refractivity contribution in [3.8, 4) is 54.6 Å². The summed E-state index contributed by atoms with van der Waals surface area (Å²) >= 11 is 3.25. The molecule has 4 aromatic carbocycles. The average Bonchev–Trinajstić information content (AvgIpc) is 4.08. The molecule has 0 saturated carbocycles. The number of pyridine rings is 2. The molecule has 0 bridgehead atoms. The van der Waals surface area contributed by atoms with Crippen LogP contribution < -0.4 is 9.47 Å². The maximum atomic E-state index is 13.1. The second-order valence-electron chi connectivity index (χ2n) is 22.2. The number of rotatable bonds is 14. The molecule has 0 saturated heterocycles. The lowest BCUT2D eigenvalue weighted by atomic mass is 9.88. The number of fused-ring (bicyclic) bond motifs is 2. The average molecular weight is 1150 g/mol. The summed E-state index contributed by atoms with van der Waals surface area (Å²) in [7, 11) is -7.26. The first-order valence-corrected chi connectivity index (χ1v) is 31.1. The molecule has 14 nitrogen and oxygen atoms in total. The number of aromatic nitrogens is 4. The third-order valence-electron chi connectivity index (χ3n) is 14.5. The molecule has 2 N–H and O–H groups in total. The van der Waals surface area contributed by atoms with Crippen LogP contribution in [0.1, 0.15) is 107 Å². The molecule has 0 spiro atoms. The van der Waals surface area contributed by atoms with Gasteiger partial charge in [0.2, 0.25) is 0 Å². The van der Waals surface area contributed by atoms with E-state index in [1.54, 1.807) is 101 Å². The molecule has 80 heavy (non-hydrogen) atoms. The maximum absolute atomic E-state index is 13.1. The Bertz CT molecular complexity index is 3560. The standard InChI is InChI=1S/2C31H32N2O5S2/c2*1-19-32-16-29(39-19)21-9-11-23(33-15-21)13-22-17-38-28-14-20(10-12-26(28)30(22)35)24-7-5-6-8-25(24)27(34)18-40(36,37)31(2,3)4/h2*5-12,14-16,22,30,35H,13,17-18H2,1-4H3/t2*22-,30+/m10/s1. The van der Waals surface area contributed by atoms with E-state index in [2.05, 4.69) is 19.9 Å². The number of aliphatic hydroxyl groups is 2. The van der Waals surface area contributed by atoms with Crippen molar-refractivity contribution in [2.24, 2.45) is 11.8 Å². The van der Waals surface area contributed by atoms with Crippen LogP contribution in [0.5, 0.6) is 11.5 Å². The Balaban J connectivity index is 0.000000194. The van der Waals surface area contributed by atoms with Gasteiger partial charge < -0.3 is 19.7 Å². The van der Waals surface area contributed by atoms with Gasteiger partial charge in [0.15, 0.2) is 31.2 Å². The molecule has 0 radical (unpaired) electrons. The topological polar surface area (TPSA) is 213 Å². The first-order valence-electron chi connectivity index (χ1n) is 26.2. The fourth-order valence-corrected chi connectivity index (χ4v) is 12.8. The summed E-state index contributed by atoms with van der Waals surface area (Å²) in [6.45, 7) is 14.1. The number of thiazole rings is 2. The summed E-state index contributed by atoms with van der Waals surface area (Å²) in [5.41, 5.74) is 8.50. The van der Waals surface area contributed by atoms with Crippen molar-refractivity contribution >= 4 is 53.9 Å². The molecule has 18 heteroatoms. The Kier molecular flexibility index (Phi) is 16.9. The number of ether oxygens (including phenoxy) is 2. The molecule has 10 rings (SSSR count). The molecule has 0 fully saturated rings. The van der Waals surface area contributed by atoms with Gasteiger partial charge in [-0.2, -0.15) is 0 Å². The zero-order valence-electron chi connectivity index (χ0n) is 45.8. The van der Waals surface area contributed by atoms with Gasteiger partial charge in [0, 0.05) is 81.4 Å². The first-order chi connectivity index (χ1) is 37.9. The highest BCUT2D eigenvalue weighted by Crippen LogP contribution is 2.42. The Morgan fingerprint density at radius 2 is 0.900 bits per heavy atom. The van der Waals surface area contributed by atoms with Gasteiger partial charge in [0.1, 0.15) is 23.0 Å². The minimum absolute atomic E-state index is 0.168. The van der Waals surface area contributed by atoms with Crippen LogP contribution in [0.2, 0.25) is 0 Å². The maximum Gasteiger partial charge on any atom is 0.178 e. The van der Waals surface area contributed by atoms with E-state index in [4.69, 9.17) is 9.47 Å². The lowest BCUT2D eigenvalue weighted by Crippen LogP contribution is -2.33. The van der Waals surface area contributed by atoms with Crippen LogP contribution in [0.3, 0.4) is 0 Å². The summed E-state index contributed by atoms with van der Waals surface area (Å²) < 4.78 is 60.8. The molecule has 416 valence electrons. The number of hydrogen-bond donors (Lipinski definition) is 2. The number of aryl methyl sites for hydroxylation is 2. The Labute approximate surface area is 475 Å². The van der Waals surface area contributed by atoms with E-state index in [-0.39, 0.29) is 11.8 Å². The quantitative estimate of drug-likeness (QED) is 0.0970. The van der Waals surface area contributed by atoms with Gasteiger partial charge in [0.05, 0.1) is 54.7 Å². The minimum atomic E-state index is -3.63. The van der Waals surface area contributed by atoms with Crippen LogP contribution in [0.25, 0.3) is 43.1 Å². The molecule has 4 aromatic heterocycles. The van der Waals surface area contributed by atoms with E-state index in [0.717, 1.165) is 53.4 Å². The molecular formula is C62H64N4O10S4. The molecule has 0 unspecified atom stereocenters. The van der Waals surface area contributed by atoms with E-state index >= 15 is 0 Å². The smallest absolute Gasteiger partial charge is 0.178 e. The highest BCUT2D eigenvalue weighted by Gasteiger charge is 2.36. The Morgan fingerprint density at radius 3 is 1.24 bits per heavy atom. The number of Topliss-reactive ketones (excluding diaryl/α,β-unsaturated/α-hetero) is 2. The van der Waals surface area contributed by atoms with Crippen molar-refractivity contribution in [2.75, 3.05) is 24.7 Å². The molecule has 8 aromatic rings. The highest BCUT2D eigenvalue weighted by molar-refractivity contribution is 7.93. The molecule has 2 aliphatic heterocycles. The zero-order valence-corrected chi connectivity index (χ0v) is 49.1. The lowest BCUT2D eigenvalue weighted by Gasteiger charge is -2.30. The second kappa shape index (κ2) is 23.4.